The topological polar surface area (TPSA) is 84.5 Å². The van der Waals surface area contributed by atoms with E-state index in [1.165, 1.54) is 25.1 Å². The Morgan fingerprint density at radius 1 is 1.25 bits per heavy atom. The van der Waals surface area contributed by atoms with Gasteiger partial charge >= 0.3 is 12.0 Å². The van der Waals surface area contributed by atoms with Crippen molar-refractivity contribution >= 4 is 35.6 Å². The number of ether oxygens (including phenoxy) is 1. The summed E-state index contributed by atoms with van der Waals surface area (Å²) >= 11 is 5.62. The van der Waals surface area contributed by atoms with Gasteiger partial charge in [0.1, 0.15) is 5.82 Å². The van der Waals surface area contributed by atoms with Gasteiger partial charge < -0.3 is 10.1 Å². The Morgan fingerprint density at radius 3 is 2.50 bits per heavy atom. The third kappa shape index (κ3) is 6.78. The number of benzene rings is 1. The number of hydrogen-bond acceptors (Lipinski definition) is 4. The van der Waals surface area contributed by atoms with E-state index in [-0.39, 0.29) is 11.1 Å². The summed E-state index contributed by atoms with van der Waals surface area (Å²) in [7, 11) is 0. The van der Waals surface area contributed by atoms with Gasteiger partial charge in [-0.3, -0.25) is 10.1 Å². The molecule has 3 amide bonds. The molecule has 1 aromatic rings. The highest BCUT2D eigenvalue weighted by atomic mass is 35.5. The molecule has 24 heavy (non-hydrogen) atoms. The molecule has 2 N–H and O–H groups in total. The molecule has 0 aliphatic rings. The quantitative estimate of drug-likeness (QED) is 0.627. The largest absolute Gasteiger partial charge is 0.449 e. The SMILES string of the molecule is CC(C)NC(=O)NC(=O)[C@@H](C)OC(=O)/C=C/c1ccc(F)c(Cl)c1. The fourth-order valence-corrected chi connectivity index (χ4v) is 1.75. The van der Waals surface area contributed by atoms with Gasteiger partial charge in [0.15, 0.2) is 6.10 Å². The number of carbonyl (C=O) groups is 3. The van der Waals surface area contributed by atoms with Crippen LogP contribution in [0.5, 0.6) is 0 Å². The maximum Gasteiger partial charge on any atom is 0.331 e. The molecule has 0 aliphatic carbocycles. The van der Waals surface area contributed by atoms with Crippen molar-refractivity contribution in [2.75, 3.05) is 0 Å². The van der Waals surface area contributed by atoms with Gasteiger partial charge in [0, 0.05) is 12.1 Å². The van der Waals surface area contributed by atoms with Crippen molar-refractivity contribution < 1.29 is 23.5 Å². The number of hydrogen-bond donors (Lipinski definition) is 2. The van der Waals surface area contributed by atoms with E-state index in [0.717, 1.165) is 12.1 Å². The number of carbonyl (C=O) groups excluding carboxylic acids is 3. The molecule has 1 aromatic carbocycles. The molecule has 6 nitrogen and oxygen atoms in total. The molecule has 0 radical (unpaired) electrons. The smallest absolute Gasteiger partial charge is 0.331 e. The first-order chi connectivity index (χ1) is 11.2. The third-order valence-electron chi connectivity index (χ3n) is 2.67. The van der Waals surface area contributed by atoms with Crippen LogP contribution in [0, 0.1) is 5.82 Å². The van der Waals surface area contributed by atoms with E-state index in [1.54, 1.807) is 13.8 Å². The number of amides is 3. The summed E-state index contributed by atoms with van der Waals surface area (Å²) in [6.07, 6.45) is 1.28. The Bertz CT molecular complexity index is 661. The first-order valence-electron chi connectivity index (χ1n) is 7.14. The maximum absolute atomic E-state index is 13.0. The average Bonchev–Trinajstić information content (AvgIpc) is 2.47. The zero-order valence-corrected chi connectivity index (χ0v) is 14.2. The van der Waals surface area contributed by atoms with Gasteiger partial charge in [-0.1, -0.05) is 17.7 Å². The van der Waals surface area contributed by atoms with Crippen LogP contribution in [0.4, 0.5) is 9.18 Å². The van der Waals surface area contributed by atoms with E-state index < -0.39 is 29.8 Å². The summed E-state index contributed by atoms with van der Waals surface area (Å²) in [5.74, 6) is -2.11. The Kier molecular flexibility index (Phi) is 7.38. The normalized spacial score (nSPS) is 12.1. The molecule has 1 atom stereocenters. The molecule has 0 spiro atoms. The fourth-order valence-electron chi connectivity index (χ4n) is 1.56. The van der Waals surface area contributed by atoms with Crippen LogP contribution in [0.15, 0.2) is 24.3 Å². The van der Waals surface area contributed by atoms with E-state index in [9.17, 15) is 18.8 Å². The first-order valence-corrected chi connectivity index (χ1v) is 7.52. The summed E-state index contributed by atoms with van der Waals surface area (Å²) in [4.78, 5) is 34.7. The van der Waals surface area contributed by atoms with Crippen LogP contribution in [0.1, 0.15) is 26.3 Å². The Balaban J connectivity index is 2.54. The lowest BCUT2D eigenvalue weighted by atomic mass is 10.2. The molecular weight excluding hydrogens is 339 g/mol. The lowest BCUT2D eigenvalue weighted by molar-refractivity contribution is -0.149. The highest BCUT2D eigenvalue weighted by Gasteiger charge is 2.19. The third-order valence-corrected chi connectivity index (χ3v) is 2.96. The molecule has 8 heteroatoms. The molecule has 0 heterocycles. The van der Waals surface area contributed by atoms with Crippen LogP contribution in [0.3, 0.4) is 0 Å². The van der Waals surface area contributed by atoms with Gasteiger partial charge in [-0.15, -0.1) is 0 Å². The summed E-state index contributed by atoms with van der Waals surface area (Å²) < 4.78 is 17.9. The Morgan fingerprint density at radius 2 is 1.92 bits per heavy atom. The molecule has 0 bridgehead atoms. The number of rotatable bonds is 5. The molecular formula is C16H18ClFN2O4. The van der Waals surface area contributed by atoms with E-state index in [4.69, 9.17) is 16.3 Å². The molecule has 0 saturated carbocycles. The zero-order chi connectivity index (χ0) is 18.3. The number of halogens is 2. The predicted molar refractivity (Wildman–Crippen MR) is 87.8 cm³/mol. The van der Waals surface area contributed by atoms with Crippen molar-refractivity contribution in [3.63, 3.8) is 0 Å². The lowest BCUT2D eigenvalue weighted by Crippen LogP contribution is -2.46. The monoisotopic (exact) mass is 356 g/mol. The van der Waals surface area contributed by atoms with Crippen molar-refractivity contribution in [2.24, 2.45) is 0 Å². The van der Waals surface area contributed by atoms with Crippen LogP contribution >= 0.6 is 11.6 Å². The second-order valence-electron chi connectivity index (χ2n) is 5.20. The number of imide groups is 1. The molecule has 0 saturated heterocycles. The van der Waals surface area contributed by atoms with Gasteiger partial charge in [0.25, 0.3) is 5.91 Å². The molecule has 0 fully saturated rings. The van der Waals surface area contributed by atoms with E-state index in [0.29, 0.717) is 5.56 Å². The van der Waals surface area contributed by atoms with Crippen LogP contribution in [0.25, 0.3) is 6.08 Å². The van der Waals surface area contributed by atoms with Crippen LogP contribution in [-0.2, 0) is 14.3 Å². The lowest BCUT2D eigenvalue weighted by Gasteiger charge is -2.13. The summed E-state index contributed by atoms with van der Waals surface area (Å²) in [6.45, 7) is 4.80. The van der Waals surface area contributed by atoms with Gasteiger partial charge in [-0.2, -0.15) is 0 Å². The molecule has 1 rings (SSSR count). The molecule has 130 valence electrons. The van der Waals surface area contributed by atoms with E-state index in [1.807, 2.05) is 0 Å². The standard InChI is InChI=1S/C16H18ClFN2O4/c1-9(2)19-16(23)20-15(22)10(3)24-14(21)7-5-11-4-6-13(18)12(17)8-11/h4-10H,1-3H3,(H2,19,20,22,23)/b7-5+/t10-/m1/s1. The second-order valence-corrected chi connectivity index (χ2v) is 5.61. The minimum absolute atomic E-state index is 0.0746. The van der Waals surface area contributed by atoms with Crippen molar-refractivity contribution in [1.82, 2.24) is 10.6 Å². The zero-order valence-electron chi connectivity index (χ0n) is 13.4. The van der Waals surface area contributed by atoms with E-state index >= 15 is 0 Å². The number of nitrogens with one attached hydrogen (secondary N) is 2. The van der Waals surface area contributed by atoms with Gasteiger partial charge in [0.05, 0.1) is 5.02 Å². The molecule has 0 aliphatic heterocycles. The first kappa shape index (κ1) is 19.6. The minimum atomic E-state index is -1.16. The Hall–Kier alpha value is -2.41. The fraction of sp³-hybridized carbons (Fsp3) is 0.312. The van der Waals surface area contributed by atoms with Crippen LogP contribution in [0.2, 0.25) is 5.02 Å². The highest BCUT2D eigenvalue weighted by Crippen LogP contribution is 2.16. The van der Waals surface area contributed by atoms with Crippen molar-refractivity contribution in [3.05, 3.63) is 40.7 Å². The molecule has 0 aromatic heterocycles. The summed E-state index contributed by atoms with van der Waals surface area (Å²) in [5, 5.41) is 4.45. The minimum Gasteiger partial charge on any atom is -0.449 e. The Labute approximate surface area is 144 Å². The number of esters is 1. The van der Waals surface area contributed by atoms with E-state index in [2.05, 4.69) is 10.6 Å². The van der Waals surface area contributed by atoms with Gasteiger partial charge in [-0.25, -0.2) is 14.0 Å². The van der Waals surface area contributed by atoms with Crippen LogP contribution < -0.4 is 10.6 Å². The summed E-state index contributed by atoms with van der Waals surface area (Å²) in [6, 6.07) is 3.12. The number of urea groups is 1. The summed E-state index contributed by atoms with van der Waals surface area (Å²) in [5.41, 5.74) is 0.492. The van der Waals surface area contributed by atoms with Crippen LogP contribution in [-0.4, -0.2) is 30.1 Å². The second kappa shape index (κ2) is 9.02. The van der Waals surface area contributed by atoms with Gasteiger partial charge in [-0.05, 0) is 44.5 Å². The highest BCUT2D eigenvalue weighted by molar-refractivity contribution is 6.30. The molecule has 0 unspecified atom stereocenters. The van der Waals surface area contributed by atoms with Crippen molar-refractivity contribution in [3.8, 4) is 0 Å². The predicted octanol–water partition coefficient (Wildman–Crippen LogP) is 2.66. The van der Waals surface area contributed by atoms with Gasteiger partial charge in [0.2, 0.25) is 0 Å². The maximum atomic E-state index is 13.0. The van der Waals surface area contributed by atoms with Crippen molar-refractivity contribution in [2.45, 2.75) is 32.9 Å². The average molecular weight is 357 g/mol. The van der Waals surface area contributed by atoms with Crippen molar-refractivity contribution in [1.29, 1.82) is 0 Å².